The maximum absolute atomic E-state index is 12.6. The van der Waals surface area contributed by atoms with Gasteiger partial charge < -0.3 is 0 Å². The average Bonchev–Trinajstić information content (AvgIpc) is 2.62. The Morgan fingerprint density at radius 3 is 2.52 bits per heavy atom. The minimum absolute atomic E-state index is 0. The highest BCUT2D eigenvalue weighted by Gasteiger charge is 2.16. The lowest BCUT2D eigenvalue weighted by Gasteiger charge is -2.05. The fraction of sp³-hybridized carbons (Fsp3) is 0.0476. The molecule has 0 bridgehead atoms. The van der Waals surface area contributed by atoms with Crippen molar-refractivity contribution in [1.82, 2.24) is 0 Å². The van der Waals surface area contributed by atoms with Crippen molar-refractivity contribution in [2.45, 2.75) is 6.54 Å². The lowest BCUT2D eigenvalue weighted by molar-refractivity contribution is -0.657. The Kier molecular flexibility index (Phi) is 5.30. The average molecular weight is 458 g/mol. The van der Waals surface area contributed by atoms with E-state index in [1.54, 1.807) is 0 Å². The number of nitrogens with zero attached hydrogens (tertiary/aromatic N) is 1. The number of pyridine rings is 1. The van der Waals surface area contributed by atoms with Crippen molar-refractivity contribution in [2.24, 2.45) is 0 Å². The first-order chi connectivity index (χ1) is 11.7. The molecule has 0 aliphatic carbocycles. The van der Waals surface area contributed by atoms with Crippen LogP contribution in [-0.4, -0.2) is 5.78 Å². The zero-order chi connectivity index (χ0) is 16.5. The summed E-state index contributed by atoms with van der Waals surface area (Å²) in [5.74, 6) is 0.0990. The molecule has 4 heteroatoms. The molecule has 0 fully saturated rings. The molecule has 1 aromatic heterocycles. The van der Waals surface area contributed by atoms with Crippen LogP contribution in [0.5, 0.6) is 0 Å². The van der Waals surface area contributed by atoms with Gasteiger partial charge in [0, 0.05) is 22.2 Å². The molecule has 0 saturated carbocycles. The maximum Gasteiger partial charge on any atom is 0.227 e. The summed E-state index contributed by atoms with van der Waals surface area (Å²) in [6.07, 6.45) is 1.97. The van der Waals surface area contributed by atoms with Crippen LogP contribution in [0.1, 0.15) is 10.4 Å². The summed E-state index contributed by atoms with van der Waals surface area (Å²) in [6.45, 7) is 0.326. The molecule has 0 radical (unpaired) electrons. The van der Waals surface area contributed by atoms with E-state index in [-0.39, 0.29) is 22.8 Å². The Labute approximate surface area is 165 Å². The van der Waals surface area contributed by atoms with Gasteiger partial charge in [-0.1, -0.05) is 52.3 Å². The van der Waals surface area contributed by atoms with Crippen LogP contribution in [0.3, 0.4) is 0 Å². The zero-order valence-electron chi connectivity index (χ0n) is 13.4. The van der Waals surface area contributed by atoms with E-state index in [4.69, 9.17) is 0 Å². The predicted molar refractivity (Wildman–Crippen MR) is 110 cm³/mol. The van der Waals surface area contributed by atoms with Crippen LogP contribution in [0, 0.1) is 0 Å². The molecule has 0 N–H and O–H groups in total. The minimum atomic E-state index is 0. The normalized spacial score (nSPS) is 10.6. The van der Waals surface area contributed by atoms with Crippen molar-refractivity contribution in [2.75, 3.05) is 0 Å². The second kappa shape index (κ2) is 7.46. The molecular formula is C21H16Br2NO+. The SMILES string of the molecule is Br.O=C(C[n+]1cccc2c3ccccc3ccc21)c1cccc(Br)c1. The van der Waals surface area contributed by atoms with Gasteiger partial charge in [0.2, 0.25) is 17.8 Å². The first-order valence-electron chi connectivity index (χ1n) is 7.81. The van der Waals surface area contributed by atoms with Gasteiger partial charge in [-0.3, -0.25) is 4.79 Å². The van der Waals surface area contributed by atoms with Crippen molar-refractivity contribution in [3.63, 3.8) is 0 Å². The number of carbonyl (C=O) groups excluding carboxylic acids is 1. The second-order valence-corrected chi connectivity index (χ2v) is 6.70. The Morgan fingerprint density at radius 2 is 1.68 bits per heavy atom. The van der Waals surface area contributed by atoms with Crippen LogP contribution in [0.25, 0.3) is 21.7 Å². The monoisotopic (exact) mass is 456 g/mol. The van der Waals surface area contributed by atoms with Crippen molar-refractivity contribution >= 4 is 60.4 Å². The molecule has 0 saturated heterocycles. The highest BCUT2D eigenvalue weighted by molar-refractivity contribution is 9.10. The quantitative estimate of drug-likeness (QED) is 0.226. The highest BCUT2D eigenvalue weighted by atomic mass is 79.9. The van der Waals surface area contributed by atoms with Crippen LogP contribution in [0.15, 0.2) is 83.5 Å². The molecule has 0 unspecified atom stereocenters. The first-order valence-corrected chi connectivity index (χ1v) is 8.60. The van der Waals surface area contributed by atoms with E-state index in [1.165, 1.54) is 10.8 Å². The van der Waals surface area contributed by atoms with Gasteiger partial charge in [0.1, 0.15) is 0 Å². The third-order valence-electron chi connectivity index (χ3n) is 4.25. The second-order valence-electron chi connectivity index (χ2n) is 5.79. The number of benzene rings is 3. The Morgan fingerprint density at radius 1 is 0.880 bits per heavy atom. The van der Waals surface area contributed by atoms with Gasteiger partial charge in [-0.2, -0.15) is 4.57 Å². The van der Waals surface area contributed by atoms with E-state index in [0.717, 1.165) is 20.9 Å². The maximum atomic E-state index is 12.6. The lowest BCUT2D eigenvalue weighted by atomic mass is 10.0. The van der Waals surface area contributed by atoms with E-state index >= 15 is 0 Å². The van der Waals surface area contributed by atoms with Crippen molar-refractivity contribution < 1.29 is 9.36 Å². The van der Waals surface area contributed by atoms with Gasteiger partial charge in [0.15, 0.2) is 6.20 Å². The number of hydrogen-bond donors (Lipinski definition) is 0. The third kappa shape index (κ3) is 3.51. The van der Waals surface area contributed by atoms with Gasteiger partial charge in [0.05, 0.1) is 5.39 Å². The molecule has 3 aromatic carbocycles. The van der Waals surface area contributed by atoms with Gasteiger partial charge >= 0.3 is 0 Å². The van der Waals surface area contributed by atoms with E-state index in [1.807, 2.05) is 53.2 Å². The van der Waals surface area contributed by atoms with Crippen LogP contribution < -0.4 is 4.57 Å². The molecule has 0 spiro atoms. The van der Waals surface area contributed by atoms with E-state index in [9.17, 15) is 4.79 Å². The number of aromatic nitrogens is 1. The summed E-state index contributed by atoms with van der Waals surface area (Å²) in [7, 11) is 0. The topological polar surface area (TPSA) is 20.9 Å². The molecule has 25 heavy (non-hydrogen) atoms. The molecule has 0 aliphatic heterocycles. The third-order valence-corrected chi connectivity index (χ3v) is 4.74. The Balaban J connectivity index is 0.00000182. The molecular weight excluding hydrogens is 442 g/mol. The summed E-state index contributed by atoms with van der Waals surface area (Å²) in [5.41, 5.74) is 1.79. The predicted octanol–water partition coefficient (Wildman–Crippen LogP) is 5.50. The summed E-state index contributed by atoms with van der Waals surface area (Å²) >= 11 is 3.42. The van der Waals surface area contributed by atoms with Gasteiger partial charge in [-0.15, -0.1) is 17.0 Å². The first kappa shape index (κ1) is 17.8. The Bertz CT molecular complexity index is 1080. The fourth-order valence-electron chi connectivity index (χ4n) is 3.08. The van der Waals surface area contributed by atoms with Crippen LogP contribution >= 0.6 is 32.9 Å². The number of carbonyl (C=O) groups is 1. The summed E-state index contributed by atoms with van der Waals surface area (Å²) < 4.78 is 2.94. The van der Waals surface area contributed by atoms with Crippen molar-refractivity contribution in [3.8, 4) is 0 Å². The lowest BCUT2D eigenvalue weighted by Crippen LogP contribution is -2.38. The Hall–Kier alpha value is -2.04. The summed E-state index contributed by atoms with van der Waals surface area (Å²) in [6, 6.07) is 24.2. The van der Waals surface area contributed by atoms with Gasteiger partial charge in [-0.25, -0.2) is 0 Å². The molecule has 1 heterocycles. The number of ketones is 1. The number of hydrogen-bond acceptors (Lipinski definition) is 1. The van der Waals surface area contributed by atoms with E-state index in [0.29, 0.717) is 6.54 Å². The fourth-order valence-corrected chi connectivity index (χ4v) is 3.48. The smallest absolute Gasteiger partial charge is 0.227 e. The largest absolute Gasteiger partial charge is 0.287 e. The van der Waals surface area contributed by atoms with Crippen LogP contribution in [0.4, 0.5) is 0 Å². The van der Waals surface area contributed by atoms with Crippen LogP contribution in [-0.2, 0) is 6.54 Å². The van der Waals surface area contributed by atoms with E-state index in [2.05, 4.69) is 46.3 Å². The minimum Gasteiger partial charge on any atom is -0.287 e. The van der Waals surface area contributed by atoms with E-state index < -0.39 is 0 Å². The van der Waals surface area contributed by atoms with Crippen LogP contribution in [0.2, 0.25) is 0 Å². The number of fused-ring (bicyclic) bond motifs is 3. The van der Waals surface area contributed by atoms with Crippen molar-refractivity contribution in [3.05, 3.63) is 89.0 Å². The number of rotatable bonds is 3. The summed E-state index contributed by atoms with van der Waals surface area (Å²) in [4.78, 5) is 12.6. The van der Waals surface area contributed by atoms with Gasteiger partial charge in [0.25, 0.3) is 0 Å². The molecule has 0 atom stereocenters. The molecule has 4 rings (SSSR count). The standard InChI is InChI=1S/C21H15BrNO.BrH/c22-17-7-3-6-16(13-17)21(24)14-23-12-4-9-19-18-8-2-1-5-15(18)10-11-20(19)23;/h1-13H,14H2;1H/q+1;. The molecule has 0 aliphatic rings. The highest BCUT2D eigenvalue weighted by Crippen LogP contribution is 2.23. The summed E-state index contributed by atoms with van der Waals surface area (Å²) in [5, 5.41) is 3.58. The van der Waals surface area contributed by atoms with Gasteiger partial charge in [-0.05, 0) is 35.0 Å². The zero-order valence-corrected chi connectivity index (χ0v) is 16.7. The molecule has 0 amide bonds. The number of Topliss-reactive ketones (excluding diaryl/α,β-unsaturated/α-hetero) is 1. The molecule has 4 aromatic rings. The molecule has 124 valence electrons. The molecule has 2 nitrogen and oxygen atoms in total. The number of halogens is 2. The van der Waals surface area contributed by atoms with Crippen molar-refractivity contribution in [1.29, 1.82) is 0 Å².